The average molecular weight is 277 g/mol. The lowest BCUT2D eigenvalue weighted by molar-refractivity contribution is -0.0147. The summed E-state index contributed by atoms with van der Waals surface area (Å²) in [5.41, 5.74) is 2.32. The maximum atomic E-state index is 10.6. The number of rotatable bonds is 5. The molecule has 20 heavy (non-hydrogen) atoms. The van der Waals surface area contributed by atoms with Gasteiger partial charge in [-0.1, -0.05) is 31.2 Å². The first-order valence-corrected chi connectivity index (χ1v) is 7.69. The van der Waals surface area contributed by atoms with Crippen molar-refractivity contribution >= 4 is 0 Å². The van der Waals surface area contributed by atoms with Gasteiger partial charge in [0.05, 0.1) is 12.2 Å². The Hall–Kier alpha value is -0.900. The van der Waals surface area contributed by atoms with Gasteiger partial charge in [0.25, 0.3) is 0 Å². The Morgan fingerprint density at radius 1 is 1.35 bits per heavy atom. The predicted molar refractivity (Wildman–Crippen MR) is 81.8 cm³/mol. The van der Waals surface area contributed by atoms with Crippen molar-refractivity contribution in [2.75, 3.05) is 20.2 Å². The summed E-state index contributed by atoms with van der Waals surface area (Å²) in [6.45, 7) is 6.22. The summed E-state index contributed by atoms with van der Waals surface area (Å²) in [6, 6.07) is 8.45. The zero-order chi connectivity index (χ0) is 14.5. The van der Waals surface area contributed by atoms with Gasteiger partial charge in [-0.15, -0.1) is 0 Å². The second kappa shape index (κ2) is 7.21. The number of piperidine rings is 1. The van der Waals surface area contributed by atoms with E-state index in [9.17, 15) is 5.11 Å². The van der Waals surface area contributed by atoms with Crippen LogP contribution in [-0.2, 0) is 11.2 Å². The third-order valence-electron chi connectivity index (χ3n) is 4.51. The second-order valence-electron chi connectivity index (χ2n) is 5.78. The van der Waals surface area contributed by atoms with Crippen molar-refractivity contribution in [2.24, 2.45) is 0 Å². The highest BCUT2D eigenvalue weighted by Gasteiger charge is 2.28. The Balaban J connectivity index is 2.01. The third kappa shape index (κ3) is 3.60. The van der Waals surface area contributed by atoms with Crippen LogP contribution < -0.4 is 0 Å². The number of likely N-dealkylation sites (tertiary alicyclic amines) is 1. The molecule has 1 heterocycles. The van der Waals surface area contributed by atoms with E-state index < -0.39 is 6.10 Å². The molecule has 0 radical (unpaired) electrons. The maximum absolute atomic E-state index is 10.6. The second-order valence-corrected chi connectivity index (χ2v) is 5.78. The molecule has 1 aromatic carbocycles. The molecular formula is C17H27NO2. The van der Waals surface area contributed by atoms with Crippen LogP contribution in [0, 0.1) is 0 Å². The zero-order valence-corrected chi connectivity index (χ0v) is 12.9. The number of methoxy groups -OCH3 is 1. The van der Waals surface area contributed by atoms with E-state index in [4.69, 9.17) is 4.74 Å². The summed E-state index contributed by atoms with van der Waals surface area (Å²) >= 11 is 0. The molecule has 0 saturated carbocycles. The lowest BCUT2D eigenvalue weighted by Gasteiger charge is -2.38. The lowest BCUT2D eigenvalue weighted by atomic mass is 9.98. The summed E-state index contributed by atoms with van der Waals surface area (Å²) in [4.78, 5) is 2.34. The van der Waals surface area contributed by atoms with Crippen molar-refractivity contribution in [3.8, 4) is 0 Å². The van der Waals surface area contributed by atoms with Crippen molar-refractivity contribution < 1.29 is 9.84 Å². The molecule has 1 aliphatic rings. The fourth-order valence-corrected chi connectivity index (χ4v) is 2.96. The van der Waals surface area contributed by atoms with Gasteiger partial charge < -0.3 is 9.84 Å². The Bertz CT molecular complexity index is 404. The standard InChI is InChI=1S/C17H27NO2/c1-4-14-7-9-15(10-8-14)17(19)13(2)18-11-5-6-16(12-18)20-3/h7-10,13,16-17,19H,4-6,11-12H2,1-3H3. The number of hydrogen-bond acceptors (Lipinski definition) is 3. The molecule has 3 unspecified atom stereocenters. The van der Waals surface area contributed by atoms with Crippen LogP contribution in [-0.4, -0.2) is 42.4 Å². The Morgan fingerprint density at radius 3 is 2.65 bits per heavy atom. The lowest BCUT2D eigenvalue weighted by Crippen LogP contribution is -2.46. The first kappa shape index (κ1) is 15.5. The van der Waals surface area contributed by atoms with E-state index in [1.807, 2.05) is 0 Å². The van der Waals surface area contributed by atoms with E-state index in [2.05, 4.69) is 43.0 Å². The van der Waals surface area contributed by atoms with E-state index in [0.717, 1.165) is 37.9 Å². The summed E-state index contributed by atoms with van der Waals surface area (Å²) in [5, 5.41) is 10.6. The van der Waals surface area contributed by atoms with Crippen molar-refractivity contribution in [1.29, 1.82) is 0 Å². The average Bonchev–Trinajstić information content (AvgIpc) is 2.53. The van der Waals surface area contributed by atoms with Gasteiger partial charge in [0.1, 0.15) is 0 Å². The van der Waals surface area contributed by atoms with Crippen LogP contribution in [0.15, 0.2) is 24.3 Å². The highest BCUT2D eigenvalue weighted by Crippen LogP contribution is 2.24. The number of nitrogens with zero attached hydrogens (tertiary/aromatic N) is 1. The normalized spacial score (nSPS) is 23.5. The molecule has 2 rings (SSSR count). The zero-order valence-electron chi connectivity index (χ0n) is 12.9. The molecule has 0 amide bonds. The van der Waals surface area contributed by atoms with Gasteiger partial charge in [0.15, 0.2) is 0 Å². The van der Waals surface area contributed by atoms with Crippen molar-refractivity contribution in [3.05, 3.63) is 35.4 Å². The van der Waals surface area contributed by atoms with Crippen LogP contribution in [0.4, 0.5) is 0 Å². The molecule has 0 bridgehead atoms. The smallest absolute Gasteiger partial charge is 0.0942 e. The first-order chi connectivity index (χ1) is 9.65. The monoisotopic (exact) mass is 277 g/mol. The van der Waals surface area contributed by atoms with Crippen LogP contribution in [0.5, 0.6) is 0 Å². The van der Waals surface area contributed by atoms with Gasteiger partial charge in [-0.05, 0) is 43.9 Å². The minimum absolute atomic E-state index is 0.125. The fourth-order valence-electron chi connectivity index (χ4n) is 2.96. The molecule has 1 N–H and O–H groups in total. The van der Waals surface area contributed by atoms with Gasteiger partial charge in [-0.2, -0.15) is 0 Å². The van der Waals surface area contributed by atoms with Crippen molar-refractivity contribution in [3.63, 3.8) is 0 Å². The minimum atomic E-state index is -0.434. The Morgan fingerprint density at radius 2 is 2.05 bits per heavy atom. The number of aliphatic hydroxyl groups is 1. The molecule has 3 nitrogen and oxygen atoms in total. The highest BCUT2D eigenvalue weighted by molar-refractivity contribution is 5.25. The molecule has 3 heteroatoms. The van der Waals surface area contributed by atoms with Gasteiger partial charge in [-0.3, -0.25) is 4.90 Å². The molecule has 3 atom stereocenters. The molecule has 1 aliphatic heterocycles. The van der Waals surface area contributed by atoms with E-state index in [-0.39, 0.29) is 6.04 Å². The molecule has 112 valence electrons. The Kier molecular flexibility index (Phi) is 5.58. The van der Waals surface area contributed by atoms with E-state index >= 15 is 0 Å². The van der Waals surface area contributed by atoms with Crippen LogP contribution in [0.3, 0.4) is 0 Å². The maximum Gasteiger partial charge on any atom is 0.0942 e. The number of ether oxygens (including phenoxy) is 1. The minimum Gasteiger partial charge on any atom is -0.387 e. The Labute approximate surface area is 122 Å². The van der Waals surface area contributed by atoms with E-state index in [1.165, 1.54) is 5.56 Å². The highest BCUT2D eigenvalue weighted by atomic mass is 16.5. The summed E-state index contributed by atoms with van der Waals surface area (Å²) in [6.07, 6.45) is 3.18. The van der Waals surface area contributed by atoms with Crippen LogP contribution >= 0.6 is 0 Å². The van der Waals surface area contributed by atoms with Crippen LogP contribution in [0.1, 0.15) is 43.9 Å². The van der Waals surface area contributed by atoms with Gasteiger partial charge >= 0.3 is 0 Å². The summed E-state index contributed by atoms with van der Waals surface area (Å²) in [5.74, 6) is 0. The molecular weight excluding hydrogens is 250 g/mol. The quantitative estimate of drug-likeness (QED) is 0.898. The summed E-state index contributed by atoms with van der Waals surface area (Å²) < 4.78 is 5.46. The van der Waals surface area contributed by atoms with Gasteiger partial charge in [-0.25, -0.2) is 0 Å². The topological polar surface area (TPSA) is 32.7 Å². The van der Waals surface area contributed by atoms with Gasteiger partial charge in [0.2, 0.25) is 0 Å². The number of aryl methyl sites for hydroxylation is 1. The van der Waals surface area contributed by atoms with E-state index in [0.29, 0.717) is 6.10 Å². The molecule has 0 spiro atoms. The molecule has 1 fully saturated rings. The molecule has 1 saturated heterocycles. The van der Waals surface area contributed by atoms with Crippen molar-refractivity contribution in [2.45, 2.75) is 51.4 Å². The molecule has 0 aromatic heterocycles. The number of hydrogen-bond donors (Lipinski definition) is 1. The molecule has 1 aromatic rings. The third-order valence-corrected chi connectivity index (χ3v) is 4.51. The SMILES string of the molecule is CCc1ccc(C(O)C(C)N2CCCC(OC)C2)cc1. The first-order valence-electron chi connectivity index (χ1n) is 7.69. The van der Waals surface area contributed by atoms with E-state index in [1.54, 1.807) is 7.11 Å². The van der Waals surface area contributed by atoms with Crippen LogP contribution in [0.25, 0.3) is 0 Å². The summed E-state index contributed by atoms with van der Waals surface area (Å²) in [7, 11) is 1.78. The number of aliphatic hydroxyl groups excluding tert-OH is 1. The fraction of sp³-hybridized carbons (Fsp3) is 0.647. The molecule has 0 aliphatic carbocycles. The van der Waals surface area contributed by atoms with Crippen molar-refractivity contribution in [1.82, 2.24) is 4.90 Å². The predicted octanol–water partition coefficient (Wildman–Crippen LogP) is 2.78. The number of benzene rings is 1. The van der Waals surface area contributed by atoms with Gasteiger partial charge in [0, 0.05) is 19.7 Å². The largest absolute Gasteiger partial charge is 0.387 e. The van der Waals surface area contributed by atoms with Crippen LogP contribution in [0.2, 0.25) is 0 Å².